The van der Waals surface area contributed by atoms with Gasteiger partial charge < -0.3 is 4.18 Å². The molecule has 0 atom stereocenters. The molecule has 7 heteroatoms. The van der Waals surface area contributed by atoms with Gasteiger partial charge in [0.25, 0.3) is 0 Å². The number of para-hydroxylation sites is 1. The van der Waals surface area contributed by atoms with Gasteiger partial charge in [-0.25, -0.2) is 0 Å². The van der Waals surface area contributed by atoms with E-state index in [2.05, 4.69) is 10.0 Å². The van der Waals surface area contributed by atoms with Crippen LogP contribution in [0, 0.1) is 0 Å². The van der Waals surface area contributed by atoms with E-state index in [1.165, 1.54) is 24.3 Å². The van der Waals surface area contributed by atoms with Crippen LogP contribution < -0.4 is 4.18 Å². The van der Waals surface area contributed by atoms with Gasteiger partial charge in [0.05, 0.1) is 0 Å². The van der Waals surface area contributed by atoms with Gasteiger partial charge in [-0.05, 0) is 29.8 Å². The second-order valence-electron chi connectivity index (χ2n) is 3.53. The molecule has 2 aromatic rings. The summed E-state index contributed by atoms with van der Waals surface area (Å²) in [6.07, 6.45) is 0. The zero-order valence-corrected chi connectivity index (χ0v) is 10.5. The second kappa shape index (κ2) is 5.43. The van der Waals surface area contributed by atoms with Gasteiger partial charge in [0, 0.05) is 10.6 Å². The van der Waals surface area contributed by atoms with Crippen LogP contribution in [0.15, 0.2) is 64.6 Å². The first kappa shape index (κ1) is 12.9. The van der Waals surface area contributed by atoms with Crippen molar-refractivity contribution in [1.29, 1.82) is 0 Å². The van der Waals surface area contributed by atoms with Gasteiger partial charge in [0.2, 0.25) is 0 Å². The smallest absolute Gasteiger partial charge is 0.339 e. The monoisotopic (exact) mass is 275 g/mol. The zero-order valence-electron chi connectivity index (χ0n) is 9.67. The summed E-state index contributed by atoms with van der Waals surface area (Å²) in [5, 5.41) is 3.36. The first-order chi connectivity index (χ1) is 9.12. The molecule has 0 unspecified atom stereocenters. The van der Waals surface area contributed by atoms with E-state index in [4.69, 9.17) is 9.71 Å². The van der Waals surface area contributed by atoms with Crippen molar-refractivity contribution in [3.63, 3.8) is 0 Å². The van der Waals surface area contributed by atoms with E-state index in [0.717, 1.165) is 0 Å². The van der Waals surface area contributed by atoms with Crippen LogP contribution in [0.5, 0.6) is 5.75 Å². The molecule has 19 heavy (non-hydrogen) atoms. The summed E-state index contributed by atoms with van der Waals surface area (Å²) < 4.78 is 28.8. The molecule has 0 fully saturated rings. The van der Waals surface area contributed by atoms with E-state index in [1.54, 1.807) is 30.3 Å². The maximum absolute atomic E-state index is 11.9. The maximum Gasteiger partial charge on any atom is 0.339 e. The molecule has 0 aliphatic carbocycles. The van der Waals surface area contributed by atoms with Crippen LogP contribution in [0.3, 0.4) is 0 Å². The fraction of sp³-hybridized carbons (Fsp3) is 0. The van der Waals surface area contributed by atoms with Crippen molar-refractivity contribution in [3.05, 3.63) is 65.0 Å². The van der Waals surface area contributed by atoms with E-state index in [9.17, 15) is 8.42 Å². The van der Waals surface area contributed by atoms with Gasteiger partial charge in [-0.15, -0.1) is 0 Å². The average Bonchev–Trinajstić information content (AvgIpc) is 2.40. The van der Waals surface area contributed by atoms with E-state index >= 15 is 0 Å². The largest absolute Gasteiger partial charge is 0.379 e. The van der Waals surface area contributed by atoms with Crippen molar-refractivity contribution in [2.24, 2.45) is 5.11 Å². The summed E-state index contributed by atoms with van der Waals surface area (Å²) in [6.45, 7) is 0. The lowest BCUT2D eigenvalue weighted by atomic mass is 10.3. The minimum absolute atomic E-state index is 0.00626. The Morgan fingerprint density at radius 2 is 1.63 bits per heavy atom. The molecular weight excluding hydrogens is 266 g/mol. The lowest BCUT2D eigenvalue weighted by molar-refractivity contribution is 0.486. The number of rotatable bonds is 4. The summed E-state index contributed by atoms with van der Waals surface area (Å²) >= 11 is 0. The third kappa shape index (κ3) is 3.25. The Bertz CT molecular complexity index is 706. The summed E-state index contributed by atoms with van der Waals surface area (Å²) in [5.41, 5.74) is 8.59. The molecule has 0 amide bonds. The first-order valence-corrected chi connectivity index (χ1v) is 6.67. The Morgan fingerprint density at radius 1 is 1.00 bits per heavy atom. The molecule has 0 saturated heterocycles. The highest BCUT2D eigenvalue weighted by molar-refractivity contribution is 7.87. The fourth-order valence-electron chi connectivity index (χ4n) is 1.38. The standard InChI is InChI=1S/C12H9N3O3S/c13-15-14-10-6-8-12(9-7-10)19(16,17)18-11-4-2-1-3-5-11/h1-9H. The third-order valence-electron chi connectivity index (χ3n) is 2.23. The molecule has 0 spiro atoms. The Balaban J connectivity index is 2.27. The van der Waals surface area contributed by atoms with Crippen LogP contribution in [0.4, 0.5) is 5.69 Å². The first-order valence-electron chi connectivity index (χ1n) is 5.26. The Morgan fingerprint density at radius 3 is 2.21 bits per heavy atom. The molecule has 0 aliphatic heterocycles. The van der Waals surface area contributed by atoms with Crippen molar-refractivity contribution in [2.75, 3.05) is 0 Å². The Labute approximate surface area is 110 Å². The maximum atomic E-state index is 11.9. The Kier molecular flexibility index (Phi) is 3.70. The molecule has 6 nitrogen and oxygen atoms in total. The molecular formula is C12H9N3O3S. The predicted octanol–water partition coefficient (Wildman–Crippen LogP) is 3.40. The third-order valence-corrected chi connectivity index (χ3v) is 3.50. The predicted molar refractivity (Wildman–Crippen MR) is 69.5 cm³/mol. The highest BCUT2D eigenvalue weighted by atomic mass is 32.2. The number of hydrogen-bond acceptors (Lipinski definition) is 4. The topological polar surface area (TPSA) is 92.1 Å². The van der Waals surface area contributed by atoms with Crippen LogP contribution in [0.25, 0.3) is 10.4 Å². The van der Waals surface area contributed by atoms with Gasteiger partial charge in [0.15, 0.2) is 0 Å². The van der Waals surface area contributed by atoms with Crippen LogP contribution in [-0.2, 0) is 10.1 Å². The normalized spacial score (nSPS) is 10.5. The van der Waals surface area contributed by atoms with Crippen molar-refractivity contribution in [1.82, 2.24) is 0 Å². The molecule has 0 N–H and O–H groups in total. The summed E-state index contributed by atoms with van der Waals surface area (Å²) in [6, 6.07) is 13.7. The fourth-order valence-corrected chi connectivity index (χ4v) is 2.31. The van der Waals surface area contributed by atoms with E-state index in [0.29, 0.717) is 5.69 Å². The number of hydrogen-bond donors (Lipinski definition) is 0. The van der Waals surface area contributed by atoms with E-state index in [1.807, 2.05) is 0 Å². The molecule has 96 valence electrons. The van der Waals surface area contributed by atoms with Gasteiger partial charge in [-0.2, -0.15) is 8.42 Å². The molecule has 0 radical (unpaired) electrons. The van der Waals surface area contributed by atoms with Gasteiger partial charge in [0.1, 0.15) is 10.6 Å². The van der Waals surface area contributed by atoms with Crippen molar-refractivity contribution in [3.8, 4) is 5.75 Å². The highest BCUT2D eigenvalue weighted by Gasteiger charge is 2.15. The van der Waals surface area contributed by atoms with Crippen LogP contribution in [-0.4, -0.2) is 8.42 Å². The lowest BCUT2D eigenvalue weighted by Crippen LogP contribution is -2.09. The molecule has 0 bridgehead atoms. The van der Waals surface area contributed by atoms with Gasteiger partial charge in [-0.1, -0.05) is 35.4 Å². The van der Waals surface area contributed by atoms with Crippen LogP contribution in [0.2, 0.25) is 0 Å². The average molecular weight is 275 g/mol. The molecule has 0 heterocycles. The highest BCUT2D eigenvalue weighted by Crippen LogP contribution is 2.20. The molecule has 0 aliphatic rings. The summed E-state index contributed by atoms with van der Waals surface area (Å²) in [4.78, 5) is 2.60. The molecule has 0 aromatic heterocycles. The lowest BCUT2D eigenvalue weighted by Gasteiger charge is -2.06. The van der Waals surface area contributed by atoms with E-state index in [-0.39, 0.29) is 10.6 Å². The SMILES string of the molecule is [N-]=[N+]=Nc1ccc(S(=O)(=O)Oc2ccccc2)cc1. The molecule has 0 saturated carbocycles. The van der Waals surface area contributed by atoms with Gasteiger partial charge >= 0.3 is 10.1 Å². The van der Waals surface area contributed by atoms with Crippen molar-refractivity contribution in [2.45, 2.75) is 4.90 Å². The summed E-state index contributed by atoms with van der Waals surface area (Å²) in [7, 11) is -3.88. The zero-order chi connectivity index (χ0) is 13.7. The quantitative estimate of drug-likeness (QED) is 0.370. The number of benzene rings is 2. The van der Waals surface area contributed by atoms with Crippen LogP contribution >= 0.6 is 0 Å². The molecule has 2 rings (SSSR count). The Hall–Kier alpha value is -2.50. The second-order valence-corrected chi connectivity index (χ2v) is 5.08. The van der Waals surface area contributed by atoms with Crippen molar-refractivity contribution < 1.29 is 12.6 Å². The van der Waals surface area contributed by atoms with Crippen LogP contribution in [0.1, 0.15) is 0 Å². The number of nitrogens with zero attached hydrogens (tertiary/aromatic N) is 3. The molecule has 2 aromatic carbocycles. The van der Waals surface area contributed by atoms with Gasteiger partial charge in [-0.3, -0.25) is 0 Å². The van der Waals surface area contributed by atoms with Crippen molar-refractivity contribution >= 4 is 15.8 Å². The summed E-state index contributed by atoms with van der Waals surface area (Å²) in [5.74, 6) is 0.238. The minimum atomic E-state index is -3.88. The minimum Gasteiger partial charge on any atom is -0.379 e. The van der Waals surface area contributed by atoms with E-state index < -0.39 is 10.1 Å². The number of azide groups is 1.